The summed E-state index contributed by atoms with van der Waals surface area (Å²) < 4.78 is 0. The van der Waals surface area contributed by atoms with Gasteiger partial charge in [0.2, 0.25) is 0 Å². The van der Waals surface area contributed by atoms with Crippen LogP contribution in [0.15, 0.2) is 24.3 Å². The van der Waals surface area contributed by atoms with Crippen molar-refractivity contribution < 1.29 is 4.79 Å². The lowest BCUT2D eigenvalue weighted by atomic mass is 9.66. The molecule has 120 valence electrons. The number of nitrogens with one attached hydrogen (secondary N) is 1. The van der Waals surface area contributed by atoms with Gasteiger partial charge < -0.3 is 4.98 Å². The number of nitrogens with zero attached hydrogens (tertiary/aromatic N) is 1. The van der Waals surface area contributed by atoms with Crippen molar-refractivity contribution in [2.24, 2.45) is 11.8 Å². The van der Waals surface area contributed by atoms with Crippen molar-refractivity contribution in [1.29, 1.82) is 0 Å². The number of aromatic nitrogens is 1. The Morgan fingerprint density at radius 2 is 2.09 bits per heavy atom. The summed E-state index contributed by atoms with van der Waals surface area (Å²) in [6.45, 7) is 4.72. The number of carbonyl (C=O) groups excluding carboxylic acids is 1. The number of piperidine rings is 1. The Balaban J connectivity index is 1.60. The summed E-state index contributed by atoms with van der Waals surface area (Å²) in [5, 5.41) is 1.39. The molecule has 3 atom stereocenters. The first kappa shape index (κ1) is 13.8. The second-order valence-electron chi connectivity index (χ2n) is 8.00. The average Bonchev–Trinajstić information content (AvgIpc) is 2.93. The van der Waals surface area contributed by atoms with Gasteiger partial charge in [0.15, 0.2) is 0 Å². The molecule has 2 aliphatic heterocycles. The van der Waals surface area contributed by atoms with Crippen molar-refractivity contribution in [3.8, 4) is 0 Å². The predicted octanol–water partition coefficient (Wildman–Crippen LogP) is 3.63. The number of carbonyl (C=O) groups is 1. The zero-order chi connectivity index (χ0) is 15.6. The monoisotopic (exact) mass is 308 g/mol. The van der Waals surface area contributed by atoms with Crippen molar-refractivity contribution in [3.05, 3.63) is 35.5 Å². The molecule has 1 aromatic carbocycles. The molecule has 5 rings (SSSR count). The highest BCUT2D eigenvalue weighted by molar-refractivity contribution is 5.85. The minimum Gasteiger partial charge on any atom is -0.357 e. The Kier molecular flexibility index (Phi) is 2.82. The highest BCUT2D eigenvalue weighted by Gasteiger charge is 2.49. The van der Waals surface area contributed by atoms with Crippen LogP contribution in [0.4, 0.5) is 0 Å². The third-order valence-electron chi connectivity index (χ3n) is 6.75. The summed E-state index contributed by atoms with van der Waals surface area (Å²) in [6, 6.07) is 8.69. The molecular formula is C20H24N2O. The lowest BCUT2D eigenvalue weighted by molar-refractivity contribution is -0.126. The Morgan fingerprint density at radius 1 is 1.22 bits per heavy atom. The van der Waals surface area contributed by atoms with Gasteiger partial charge in [0, 0.05) is 42.5 Å². The van der Waals surface area contributed by atoms with Crippen LogP contribution in [0.3, 0.4) is 0 Å². The van der Waals surface area contributed by atoms with Gasteiger partial charge in [-0.3, -0.25) is 9.69 Å². The second-order valence-corrected chi connectivity index (χ2v) is 8.00. The van der Waals surface area contributed by atoms with Gasteiger partial charge in [0.05, 0.1) is 5.54 Å². The molecule has 1 N–H and O–H groups in total. The van der Waals surface area contributed by atoms with E-state index in [1.807, 2.05) is 0 Å². The maximum Gasteiger partial charge on any atom is 0.133 e. The van der Waals surface area contributed by atoms with Gasteiger partial charge in [-0.25, -0.2) is 0 Å². The summed E-state index contributed by atoms with van der Waals surface area (Å²) in [5.41, 5.74) is 4.27. The first-order chi connectivity index (χ1) is 11.1. The molecule has 0 bridgehead atoms. The number of H-pyrrole nitrogens is 1. The number of para-hydroxylation sites is 1. The third kappa shape index (κ3) is 1.89. The maximum absolute atomic E-state index is 11.9. The molecule has 2 aromatic rings. The number of rotatable bonds is 0. The minimum atomic E-state index is 0.0748. The van der Waals surface area contributed by atoms with Gasteiger partial charge in [-0.2, -0.15) is 0 Å². The molecule has 3 heterocycles. The molecule has 3 aliphatic rings. The topological polar surface area (TPSA) is 36.1 Å². The van der Waals surface area contributed by atoms with Crippen LogP contribution >= 0.6 is 0 Å². The SMILES string of the molecule is CC12CC3CC(=O)CCC3CN1CCc1c2[nH]c2ccccc12. The van der Waals surface area contributed by atoms with Crippen LogP contribution in [-0.4, -0.2) is 28.8 Å². The molecule has 0 amide bonds. The van der Waals surface area contributed by atoms with Gasteiger partial charge in [-0.05, 0) is 49.7 Å². The van der Waals surface area contributed by atoms with E-state index in [1.165, 1.54) is 28.7 Å². The average molecular weight is 308 g/mol. The van der Waals surface area contributed by atoms with E-state index >= 15 is 0 Å². The molecule has 0 radical (unpaired) electrons. The molecule has 1 saturated heterocycles. The molecule has 3 unspecified atom stereocenters. The summed E-state index contributed by atoms with van der Waals surface area (Å²) >= 11 is 0. The van der Waals surface area contributed by atoms with E-state index < -0.39 is 0 Å². The Bertz CT molecular complexity index is 792. The highest BCUT2D eigenvalue weighted by Crippen LogP contribution is 2.49. The van der Waals surface area contributed by atoms with Gasteiger partial charge in [0.25, 0.3) is 0 Å². The maximum atomic E-state index is 11.9. The zero-order valence-electron chi connectivity index (χ0n) is 13.8. The van der Waals surface area contributed by atoms with Crippen molar-refractivity contribution in [1.82, 2.24) is 9.88 Å². The number of benzene rings is 1. The summed E-state index contributed by atoms with van der Waals surface area (Å²) in [7, 11) is 0. The van der Waals surface area contributed by atoms with Gasteiger partial charge in [0.1, 0.15) is 5.78 Å². The van der Waals surface area contributed by atoms with E-state index in [9.17, 15) is 4.79 Å². The van der Waals surface area contributed by atoms with Crippen LogP contribution in [-0.2, 0) is 16.8 Å². The van der Waals surface area contributed by atoms with Gasteiger partial charge in [-0.15, -0.1) is 0 Å². The van der Waals surface area contributed by atoms with Crippen molar-refractivity contribution in [2.75, 3.05) is 13.1 Å². The van der Waals surface area contributed by atoms with E-state index in [1.54, 1.807) is 0 Å². The number of ketones is 1. The van der Waals surface area contributed by atoms with Gasteiger partial charge in [-0.1, -0.05) is 18.2 Å². The molecule has 0 spiro atoms. The minimum absolute atomic E-state index is 0.0748. The van der Waals surface area contributed by atoms with Crippen LogP contribution in [0.1, 0.15) is 43.9 Å². The quantitative estimate of drug-likeness (QED) is 0.807. The normalized spacial score (nSPS) is 34.0. The van der Waals surface area contributed by atoms with E-state index in [-0.39, 0.29) is 5.54 Å². The van der Waals surface area contributed by atoms with E-state index in [0.29, 0.717) is 11.7 Å². The van der Waals surface area contributed by atoms with Gasteiger partial charge >= 0.3 is 0 Å². The molecule has 3 nitrogen and oxygen atoms in total. The first-order valence-electron chi connectivity index (χ1n) is 9.02. The van der Waals surface area contributed by atoms with Crippen molar-refractivity contribution >= 4 is 16.7 Å². The lowest BCUT2D eigenvalue weighted by Gasteiger charge is -2.54. The number of hydrogen-bond donors (Lipinski definition) is 1. The van der Waals surface area contributed by atoms with Crippen LogP contribution in [0.25, 0.3) is 10.9 Å². The fraction of sp³-hybridized carbons (Fsp3) is 0.550. The van der Waals surface area contributed by atoms with Crippen LogP contribution in [0, 0.1) is 11.8 Å². The molecular weight excluding hydrogens is 284 g/mol. The van der Waals surface area contributed by atoms with Crippen LogP contribution < -0.4 is 0 Å². The van der Waals surface area contributed by atoms with Crippen molar-refractivity contribution in [2.45, 2.75) is 44.6 Å². The molecule has 23 heavy (non-hydrogen) atoms. The summed E-state index contributed by atoms with van der Waals surface area (Å²) in [6.07, 6.45) is 5.00. The largest absolute Gasteiger partial charge is 0.357 e. The smallest absolute Gasteiger partial charge is 0.133 e. The molecule has 1 aromatic heterocycles. The van der Waals surface area contributed by atoms with Crippen LogP contribution in [0.5, 0.6) is 0 Å². The van der Waals surface area contributed by atoms with Crippen LogP contribution in [0.2, 0.25) is 0 Å². The number of fused-ring (bicyclic) bond motifs is 6. The Hall–Kier alpha value is -1.61. The third-order valence-corrected chi connectivity index (χ3v) is 6.75. The summed E-state index contributed by atoms with van der Waals surface area (Å²) in [5.74, 6) is 1.79. The standard InChI is InChI=1S/C20H24N2O/c1-20-11-14-10-15(23)7-6-13(14)12-22(20)9-8-17-16-4-2-3-5-18(16)21-19(17)20/h2-5,13-14,21H,6-12H2,1H3. The van der Waals surface area contributed by atoms with E-state index in [0.717, 1.165) is 44.6 Å². The highest BCUT2D eigenvalue weighted by atomic mass is 16.1. The Labute approximate surface area is 137 Å². The fourth-order valence-corrected chi connectivity index (χ4v) is 5.51. The van der Waals surface area contributed by atoms with E-state index in [2.05, 4.69) is 41.1 Å². The number of hydrogen-bond acceptors (Lipinski definition) is 2. The zero-order valence-corrected chi connectivity index (χ0v) is 13.8. The van der Waals surface area contributed by atoms with E-state index in [4.69, 9.17) is 0 Å². The number of Topliss-reactive ketones (excluding diaryl/α,β-unsaturated/α-hetero) is 1. The van der Waals surface area contributed by atoms with Crippen molar-refractivity contribution in [3.63, 3.8) is 0 Å². The predicted molar refractivity (Wildman–Crippen MR) is 91.4 cm³/mol. The molecule has 2 fully saturated rings. The fourth-order valence-electron chi connectivity index (χ4n) is 5.51. The molecule has 3 heteroatoms. The lowest BCUT2D eigenvalue weighted by Crippen LogP contribution is -2.57. The summed E-state index contributed by atoms with van der Waals surface area (Å²) in [4.78, 5) is 18.4. The Morgan fingerprint density at radius 3 is 3.00 bits per heavy atom. The second kappa shape index (κ2) is 4.70. The molecule has 1 saturated carbocycles. The molecule has 1 aliphatic carbocycles. The number of aromatic amines is 1. The first-order valence-corrected chi connectivity index (χ1v) is 9.02.